The van der Waals surface area contributed by atoms with Crippen LogP contribution < -0.4 is 0 Å². The van der Waals surface area contributed by atoms with E-state index in [9.17, 15) is 0 Å². The van der Waals surface area contributed by atoms with Crippen LogP contribution in [-0.2, 0) is 6.42 Å². The molecular formula is C12H15NSe. The van der Waals surface area contributed by atoms with Crippen LogP contribution in [0.25, 0.3) is 0 Å². The first-order valence-electron chi connectivity index (χ1n) is 4.70. The maximum absolute atomic E-state index is 9.03. The van der Waals surface area contributed by atoms with Crippen molar-refractivity contribution in [3.05, 3.63) is 35.9 Å². The van der Waals surface area contributed by atoms with Gasteiger partial charge in [0.1, 0.15) is 0 Å². The van der Waals surface area contributed by atoms with E-state index in [1.807, 2.05) is 6.07 Å². The molecule has 0 saturated heterocycles. The summed E-state index contributed by atoms with van der Waals surface area (Å²) in [5.74, 6) is 2.14. The molecule has 0 radical (unpaired) electrons. The van der Waals surface area contributed by atoms with Crippen LogP contribution in [-0.4, -0.2) is 15.0 Å². The molecule has 0 heterocycles. The topological polar surface area (TPSA) is 23.8 Å². The Morgan fingerprint density at radius 1 is 1.36 bits per heavy atom. The number of nitriles is 1. The van der Waals surface area contributed by atoms with Gasteiger partial charge in [-0.05, 0) is 0 Å². The van der Waals surface area contributed by atoms with Crippen LogP contribution in [0.1, 0.15) is 18.9 Å². The Labute approximate surface area is 92.3 Å². The van der Waals surface area contributed by atoms with E-state index >= 15 is 0 Å². The number of aryl methyl sites for hydroxylation is 1. The van der Waals surface area contributed by atoms with Crippen molar-refractivity contribution >= 4 is 15.0 Å². The molecule has 2 heteroatoms. The van der Waals surface area contributed by atoms with Crippen LogP contribution in [0.2, 0.25) is 10.1 Å². The molecule has 0 aromatic heterocycles. The third kappa shape index (κ3) is 3.18. The van der Waals surface area contributed by atoms with E-state index in [1.54, 1.807) is 0 Å². The van der Waals surface area contributed by atoms with Crippen LogP contribution in [0.15, 0.2) is 30.3 Å². The summed E-state index contributed by atoms with van der Waals surface area (Å²) in [6.07, 6.45) is 1.99. The van der Waals surface area contributed by atoms with Crippen molar-refractivity contribution in [2.75, 3.05) is 0 Å². The van der Waals surface area contributed by atoms with Crippen molar-refractivity contribution in [2.45, 2.75) is 29.9 Å². The van der Waals surface area contributed by atoms with E-state index in [0.717, 1.165) is 12.8 Å². The van der Waals surface area contributed by atoms with Crippen LogP contribution >= 0.6 is 0 Å². The molecule has 1 nitrogen and oxygen atoms in total. The van der Waals surface area contributed by atoms with Gasteiger partial charge in [-0.2, -0.15) is 0 Å². The number of hydrogen-bond donors (Lipinski definition) is 0. The van der Waals surface area contributed by atoms with E-state index in [0.29, 0.717) is 15.0 Å². The fourth-order valence-corrected chi connectivity index (χ4v) is 2.07. The Balaban J connectivity index is 2.53. The van der Waals surface area contributed by atoms with Gasteiger partial charge in [-0.15, -0.1) is 0 Å². The normalized spacial score (nSPS) is 14.4. The summed E-state index contributed by atoms with van der Waals surface area (Å²) >= 11 is 0.399. The molecule has 1 aromatic carbocycles. The van der Waals surface area contributed by atoms with Crippen LogP contribution in [0.4, 0.5) is 0 Å². The Bertz CT molecular complexity index is 315. The number of hydrogen-bond acceptors (Lipinski definition) is 1. The molecule has 0 saturated carbocycles. The number of benzene rings is 1. The second-order valence-corrected chi connectivity index (χ2v) is 6.28. The van der Waals surface area contributed by atoms with E-state index in [4.69, 9.17) is 5.26 Å². The Hall–Kier alpha value is -0.771. The van der Waals surface area contributed by atoms with E-state index in [2.05, 4.69) is 43.1 Å². The zero-order valence-corrected chi connectivity index (χ0v) is 10.4. The molecule has 0 amide bonds. The summed E-state index contributed by atoms with van der Waals surface area (Å²) in [4.78, 5) is 0. The van der Waals surface area contributed by atoms with Gasteiger partial charge in [0.15, 0.2) is 0 Å². The average molecular weight is 252 g/mol. The van der Waals surface area contributed by atoms with Gasteiger partial charge in [-0.25, -0.2) is 0 Å². The summed E-state index contributed by atoms with van der Waals surface area (Å²) < 4.78 is -0.0944. The van der Waals surface area contributed by atoms with Crippen molar-refractivity contribution in [1.82, 2.24) is 0 Å². The molecule has 0 fully saturated rings. The Morgan fingerprint density at radius 2 is 2.00 bits per heavy atom. The molecule has 1 aromatic rings. The molecule has 0 aliphatic heterocycles. The summed E-state index contributed by atoms with van der Waals surface area (Å²) in [5.41, 5.74) is 1.33. The minimum atomic E-state index is -0.0944. The van der Waals surface area contributed by atoms with Crippen molar-refractivity contribution in [1.29, 1.82) is 5.26 Å². The van der Waals surface area contributed by atoms with E-state index in [-0.39, 0.29) is 4.31 Å². The second kappa shape index (κ2) is 5.19. The van der Waals surface area contributed by atoms with Crippen molar-refractivity contribution in [3.8, 4) is 6.07 Å². The number of rotatable bonds is 4. The van der Waals surface area contributed by atoms with Crippen LogP contribution in [0.3, 0.4) is 0 Å². The predicted octanol–water partition coefficient (Wildman–Crippen LogP) is 3.07. The molecule has 0 N–H and O–H groups in total. The van der Waals surface area contributed by atoms with Crippen molar-refractivity contribution in [2.24, 2.45) is 0 Å². The molecule has 14 heavy (non-hydrogen) atoms. The quantitative estimate of drug-likeness (QED) is 0.755. The molecule has 0 spiro atoms. The molecule has 1 rings (SSSR count). The summed E-state index contributed by atoms with van der Waals surface area (Å²) in [6.45, 7) is 2.07. The van der Waals surface area contributed by atoms with E-state index in [1.165, 1.54) is 5.56 Å². The summed E-state index contributed by atoms with van der Waals surface area (Å²) in [6, 6.07) is 12.8. The van der Waals surface area contributed by atoms with Gasteiger partial charge in [-0.3, -0.25) is 0 Å². The summed E-state index contributed by atoms with van der Waals surface area (Å²) in [7, 11) is 0. The Morgan fingerprint density at radius 3 is 2.50 bits per heavy atom. The molecule has 0 aliphatic rings. The van der Waals surface area contributed by atoms with Gasteiger partial charge >= 0.3 is 92.1 Å². The third-order valence-electron chi connectivity index (χ3n) is 2.42. The fourth-order valence-electron chi connectivity index (χ4n) is 1.23. The standard InChI is InChI=1S/C12H15NSe/c1-12(10-13,14-2)9-8-11-6-4-3-5-7-11/h3-7H,8-9H2,1-2H3. The van der Waals surface area contributed by atoms with Crippen molar-refractivity contribution < 1.29 is 0 Å². The number of nitrogens with zero attached hydrogens (tertiary/aromatic N) is 1. The van der Waals surface area contributed by atoms with Gasteiger partial charge in [0.2, 0.25) is 0 Å². The predicted molar refractivity (Wildman–Crippen MR) is 60.4 cm³/mol. The van der Waals surface area contributed by atoms with Gasteiger partial charge in [0.25, 0.3) is 0 Å². The average Bonchev–Trinajstić information content (AvgIpc) is 2.27. The molecule has 1 atom stereocenters. The van der Waals surface area contributed by atoms with Crippen LogP contribution in [0, 0.1) is 11.3 Å². The first-order chi connectivity index (χ1) is 6.70. The van der Waals surface area contributed by atoms with E-state index < -0.39 is 0 Å². The minimum absolute atomic E-state index is 0.0944. The van der Waals surface area contributed by atoms with Gasteiger partial charge in [-0.1, -0.05) is 0 Å². The first kappa shape index (κ1) is 11.3. The monoisotopic (exact) mass is 253 g/mol. The second-order valence-electron chi connectivity index (χ2n) is 3.53. The Kier molecular flexibility index (Phi) is 4.19. The molecule has 74 valence electrons. The molecular weight excluding hydrogens is 237 g/mol. The van der Waals surface area contributed by atoms with Crippen LogP contribution in [0.5, 0.6) is 0 Å². The zero-order valence-electron chi connectivity index (χ0n) is 8.66. The molecule has 0 aliphatic carbocycles. The molecule has 1 unspecified atom stereocenters. The van der Waals surface area contributed by atoms with Gasteiger partial charge in [0.05, 0.1) is 0 Å². The maximum atomic E-state index is 9.03. The molecule has 0 bridgehead atoms. The SMILES string of the molecule is C[Se]C(C)(C#N)CCc1ccccc1. The zero-order chi connectivity index (χ0) is 10.4. The third-order valence-corrected chi connectivity index (χ3v) is 4.93. The first-order valence-corrected chi connectivity index (χ1v) is 7.27. The van der Waals surface area contributed by atoms with Crippen molar-refractivity contribution in [3.63, 3.8) is 0 Å². The summed E-state index contributed by atoms with van der Waals surface area (Å²) in [5, 5.41) is 9.03. The fraction of sp³-hybridized carbons (Fsp3) is 0.417. The van der Waals surface area contributed by atoms with Gasteiger partial charge < -0.3 is 0 Å². The van der Waals surface area contributed by atoms with Gasteiger partial charge in [0, 0.05) is 0 Å².